The number of halogens is 2. The van der Waals surface area contributed by atoms with Gasteiger partial charge < -0.3 is 0 Å². The maximum atomic E-state index is 6.09. The predicted octanol–water partition coefficient (Wildman–Crippen LogP) is 4.22. The lowest BCUT2D eigenvalue weighted by Crippen LogP contribution is -2.01. The van der Waals surface area contributed by atoms with Crippen LogP contribution in [0.15, 0.2) is 47.7 Å². The van der Waals surface area contributed by atoms with Gasteiger partial charge in [0.1, 0.15) is 5.82 Å². The zero-order valence-corrected chi connectivity index (χ0v) is 11.2. The van der Waals surface area contributed by atoms with Crippen molar-refractivity contribution in [2.75, 3.05) is 5.43 Å². The number of hydrogen-bond donors (Lipinski definition) is 1. The number of nitrogens with zero attached hydrogens (tertiary/aromatic N) is 2. The van der Waals surface area contributed by atoms with Crippen LogP contribution in [0.1, 0.15) is 12.5 Å². The normalized spacial score (nSPS) is 11.4. The van der Waals surface area contributed by atoms with Gasteiger partial charge in [0.25, 0.3) is 0 Å². The van der Waals surface area contributed by atoms with Crippen LogP contribution >= 0.6 is 23.2 Å². The standard InChI is InChI=1S/C13H11Cl2N3/c1-9(11-8-10(14)5-6-12(11)15)17-18-13-4-2-3-7-16-13/h2-8H,1H3,(H,16,18)/b17-9-. The van der Waals surface area contributed by atoms with Crippen molar-refractivity contribution in [3.63, 3.8) is 0 Å². The molecule has 0 radical (unpaired) electrons. The number of nitrogens with one attached hydrogen (secondary N) is 1. The molecule has 1 aromatic heterocycles. The van der Waals surface area contributed by atoms with Gasteiger partial charge in [-0.15, -0.1) is 0 Å². The smallest absolute Gasteiger partial charge is 0.146 e. The molecule has 0 aliphatic rings. The van der Waals surface area contributed by atoms with Gasteiger partial charge in [-0.05, 0) is 37.3 Å². The first-order valence-corrected chi connectivity index (χ1v) is 6.09. The van der Waals surface area contributed by atoms with Gasteiger partial charge in [-0.3, -0.25) is 5.43 Å². The minimum atomic E-state index is 0.614. The van der Waals surface area contributed by atoms with Crippen LogP contribution in [0.2, 0.25) is 10.0 Å². The van der Waals surface area contributed by atoms with Crippen molar-refractivity contribution < 1.29 is 0 Å². The summed E-state index contributed by atoms with van der Waals surface area (Å²) in [5.74, 6) is 0.676. The Balaban J connectivity index is 2.20. The lowest BCUT2D eigenvalue weighted by molar-refractivity contribution is 1.22. The highest BCUT2D eigenvalue weighted by atomic mass is 35.5. The molecular formula is C13H11Cl2N3. The molecular weight excluding hydrogens is 269 g/mol. The third-order valence-electron chi connectivity index (χ3n) is 2.32. The van der Waals surface area contributed by atoms with Gasteiger partial charge in [0.2, 0.25) is 0 Å². The Morgan fingerprint density at radius 3 is 2.78 bits per heavy atom. The maximum Gasteiger partial charge on any atom is 0.146 e. The summed E-state index contributed by atoms with van der Waals surface area (Å²) in [6.07, 6.45) is 1.69. The highest BCUT2D eigenvalue weighted by molar-refractivity contribution is 6.36. The number of hydrazone groups is 1. The number of hydrogen-bond acceptors (Lipinski definition) is 3. The second-order valence-electron chi connectivity index (χ2n) is 3.65. The Morgan fingerprint density at radius 2 is 2.06 bits per heavy atom. The molecule has 0 saturated carbocycles. The number of aromatic nitrogens is 1. The fraction of sp³-hybridized carbons (Fsp3) is 0.0769. The molecule has 1 N–H and O–H groups in total. The average Bonchev–Trinajstić information content (AvgIpc) is 2.40. The van der Waals surface area contributed by atoms with E-state index in [9.17, 15) is 0 Å². The van der Waals surface area contributed by atoms with Crippen molar-refractivity contribution in [3.8, 4) is 0 Å². The third-order valence-corrected chi connectivity index (χ3v) is 2.89. The van der Waals surface area contributed by atoms with Gasteiger partial charge in [0.15, 0.2) is 0 Å². The van der Waals surface area contributed by atoms with Crippen molar-refractivity contribution in [1.82, 2.24) is 4.98 Å². The molecule has 0 fully saturated rings. The van der Waals surface area contributed by atoms with E-state index in [1.165, 1.54) is 0 Å². The van der Waals surface area contributed by atoms with Crippen LogP contribution < -0.4 is 5.43 Å². The summed E-state index contributed by atoms with van der Waals surface area (Å²) in [4.78, 5) is 4.11. The first-order valence-electron chi connectivity index (χ1n) is 5.33. The summed E-state index contributed by atoms with van der Waals surface area (Å²) in [6.45, 7) is 1.85. The molecule has 0 amide bonds. The Morgan fingerprint density at radius 1 is 1.22 bits per heavy atom. The van der Waals surface area contributed by atoms with Crippen molar-refractivity contribution in [3.05, 3.63) is 58.2 Å². The molecule has 18 heavy (non-hydrogen) atoms. The first kappa shape index (κ1) is 12.9. The van der Waals surface area contributed by atoms with Crippen LogP contribution in [0.5, 0.6) is 0 Å². The molecule has 1 heterocycles. The van der Waals surface area contributed by atoms with Gasteiger partial charge >= 0.3 is 0 Å². The summed E-state index contributed by atoms with van der Waals surface area (Å²) in [7, 11) is 0. The van der Waals surface area contributed by atoms with Crippen LogP contribution in [0.25, 0.3) is 0 Å². The van der Waals surface area contributed by atoms with Crippen LogP contribution in [-0.2, 0) is 0 Å². The van der Waals surface area contributed by atoms with E-state index < -0.39 is 0 Å². The largest absolute Gasteiger partial charge is 0.261 e. The van der Waals surface area contributed by atoms with Gasteiger partial charge in [-0.25, -0.2) is 4.98 Å². The Hall–Kier alpha value is -1.58. The van der Waals surface area contributed by atoms with Crippen LogP contribution in [0.4, 0.5) is 5.82 Å². The van der Waals surface area contributed by atoms with E-state index in [1.54, 1.807) is 24.4 Å². The molecule has 2 aromatic rings. The number of rotatable bonds is 3. The minimum Gasteiger partial charge on any atom is -0.261 e. The van der Waals surface area contributed by atoms with Gasteiger partial charge in [-0.1, -0.05) is 29.3 Å². The van der Waals surface area contributed by atoms with Crippen LogP contribution in [0, 0.1) is 0 Å². The van der Waals surface area contributed by atoms with Crippen LogP contribution in [-0.4, -0.2) is 10.7 Å². The molecule has 92 valence electrons. The van der Waals surface area contributed by atoms with E-state index in [-0.39, 0.29) is 0 Å². The van der Waals surface area contributed by atoms with E-state index in [1.807, 2.05) is 25.1 Å². The summed E-state index contributed by atoms with van der Waals surface area (Å²) in [5.41, 5.74) is 4.41. The van der Waals surface area contributed by atoms with Crippen molar-refractivity contribution in [2.24, 2.45) is 5.10 Å². The molecule has 0 unspecified atom stereocenters. The van der Waals surface area contributed by atoms with E-state index in [0.717, 1.165) is 11.3 Å². The Labute approximate surface area is 115 Å². The van der Waals surface area contributed by atoms with Crippen LogP contribution in [0.3, 0.4) is 0 Å². The topological polar surface area (TPSA) is 37.3 Å². The summed E-state index contributed by atoms with van der Waals surface area (Å²) in [6, 6.07) is 10.8. The van der Waals surface area contributed by atoms with Crippen molar-refractivity contribution in [1.29, 1.82) is 0 Å². The SMILES string of the molecule is C/C(=N/Nc1ccccn1)c1cc(Cl)ccc1Cl. The second kappa shape index (κ2) is 5.85. The lowest BCUT2D eigenvalue weighted by atomic mass is 10.1. The molecule has 0 spiro atoms. The summed E-state index contributed by atoms with van der Waals surface area (Å²) >= 11 is 12.0. The molecule has 1 aromatic carbocycles. The number of benzene rings is 1. The van der Waals surface area contributed by atoms with Gasteiger partial charge in [0, 0.05) is 21.8 Å². The van der Waals surface area contributed by atoms with Crippen molar-refractivity contribution >= 4 is 34.7 Å². The van der Waals surface area contributed by atoms with E-state index in [2.05, 4.69) is 15.5 Å². The second-order valence-corrected chi connectivity index (χ2v) is 4.49. The monoisotopic (exact) mass is 279 g/mol. The number of anilines is 1. The highest BCUT2D eigenvalue weighted by Crippen LogP contribution is 2.21. The first-order chi connectivity index (χ1) is 8.66. The van der Waals surface area contributed by atoms with Crippen molar-refractivity contribution in [2.45, 2.75) is 6.92 Å². The fourth-order valence-corrected chi connectivity index (χ4v) is 1.83. The minimum absolute atomic E-state index is 0.614. The third kappa shape index (κ3) is 3.22. The molecule has 0 saturated heterocycles. The zero-order valence-electron chi connectivity index (χ0n) is 9.69. The number of pyridine rings is 1. The molecule has 0 aliphatic heterocycles. The molecule has 2 rings (SSSR count). The molecule has 5 heteroatoms. The molecule has 0 bridgehead atoms. The quantitative estimate of drug-likeness (QED) is 0.675. The highest BCUT2D eigenvalue weighted by Gasteiger charge is 2.04. The van der Waals surface area contributed by atoms with Gasteiger partial charge in [-0.2, -0.15) is 5.10 Å². The molecule has 0 aliphatic carbocycles. The zero-order chi connectivity index (χ0) is 13.0. The predicted molar refractivity (Wildman–Crippen MR) is 76.5 cm³/mol. The molecule has 0 atom stereocenters. The van der Waals surface area contributed by atoms with Gasteiger partial charge in [0.05, 0.1) is 5.71 Å². The van der Waals surface area contributed by atoms with E-state index >= 15 is 0 Å². The average molecular weight is 280 g/mol. The fourth-order valence-electron chi connectivity index (χ4n) is 1.41. The van der Waals surface area contributed by atoms with E-state index in [4.69, 9.17) is 23.2 Å². The van der Waals surface area contributed by atoms with E-state index in [0.29, 0.717) is 15.9 Å². The summed E-state index contributed by atoms with van der Waals surface area (Å²) in [5, 5.41) is 5.47. The maximum absolute atomic E-state index is 6.09. The lowest BCUT2D eigenvalue weighted by Gasteiger charge is -2.05. The Kier molecular flexibility index (Phi) is 4.18. The molecule has 3 nitrogen and oxygen atoms in total. The summed E-state index contributed by atoms with van der Waals surface area (Å²) < 4.78 is 0. The Bertz CT molecular complexity index is 568.